The molecule has 5 heteroatoms. The summed E-state index contributed by atoms with van der Waals surface area (Å²) >= 11 is 0. The average Bonchev–Trinajstić information content (AvgIpc) is 2.75. The standard InChI is InChI=1S/C25H24O5/c1-3-22(26)21-11-12-23(16(2)24(21)27)30-15-18-9-7-17(8-10-18)13-19-5-4-6-20(14-19)25(28)29/h4-12,14,27H,3,13,15H2,1-2H3,(H,28,29). The van der Waals surface area contributed by atoms with Gasteiger partial charge in [0.05, 0.1) is 11.1 Å². The lowest BCUT2D eigenvalue weighted by Gasteiger charge is -2.13. The van der Waals surface area contributed by atoms with Crippen LogP contribution in [0.25, 0.3) is 0 Å². The maximum Gasteiger partial charge on any atom is 0.335 e. The number of carboxylic acid groups (broad SMARTS) is 1. The highest BCUT2D eigenvalue weighted by Crippen LogP contribution is 2.31. The smallest absolute Gasteiger partial charge is 0.335 e. The van der Waals surface area contributed by atoms with Crippen LogP contribution in [0.1, 0.15) is 56.3 Å². The maximum atomic E-state index is 11.9. The quantitative estimate of drug-likeness (QED) is 0.507. The Labute approximate surface area is 175 Å². The van der Waals surface area contributed by atoms with E-state index >= 15 is 0 Å². The predicted octanol–water partition coefficient (Wildman–Crippen LogP) is 5.16. The molecule has 0 heterocycles. The molecule has 0 spiro atoms. The van der Waals surface area contributed by atoms with Crippen LogP contribution in [0, 0.1) is 6.92 Å². The highest BCUT2D eigenvalue weighted by atomic mass is 16.5. The molecule has 0 unspecified atom stereocenters. The number of carbonyl (C=O) groups excluding carboxylic acids is 1. The fourth-order valence-corrected chi connectivity index (χ4v) is 3.22. The van der Waals surface area contributed by atoms with Crippen LogP contribution in [0.4, 0.5) is 0 Å². The lowest BCUT2D eigenvalue weighted by Crippen LogP contribution is -2.02. The van der Waals surface area contributed by atoms with E-state index in [1.807, 2.05) is 30.3 Å². The van der Waals surface area contributed by atoms with Gasteiger partial charge in [-0.05, 0) is 54.3 Å². The molecule has 0 aliphatic carbocycles. The molecule has 154 valence electrons. The summed E-state index contributed by atoms with van der Waals surface area (Å²) < 4.78 is 5.84. The molecule has 3 rings (SSSR count). The summed E-state index contributed by atoms with van der Waals surface area (Å²) in [5.74, 6) is -0.530. The van der Waals surface area contributed by atoms with E-state index in [4.69, 9.17) is 9.84 Å². The molecule has 0 aliphatic heterocycles. The van der Waals surface area contributed by atoms with Gasteiger partial charge in [0.25, 0.3) is 0 Å². The Morgan fingerprint density at radius 3 is 2.30 bits per heavy atom. The highest BCUT2D eigenvalue weighted by Gasteiger charge is 2.14. The summed E-state index contributed by atoms with van der Waals surface area (Å²) in [6, 6.07) is 18.1. The summed E-state index contributed by atoms with van der Waals surface area (Å²) in [7, 11) is 0. The molecule has 0 saturated carbocycles. The minimum Gasteiger partial charge on any atom is -0.507 e. The molecule has 3 aromatic rings. The number of aromatic carboxylic acids is 1. The van der Waals surface area contributed by atoms with Crippen molar-refractivity contribution in [2.24, 2.45) is 0 Å². The minimum atomic E-state index is -0.933. The van der Waals surface area contributed by atoms with Gasteiger partial charge in [0.2, 0.25) is 0 Å². The van der Waals surface area contributed by atoms with E-state index in [0.29, 0.717) is 36.3 Å². The van der Waals surface area contributed by atoms with E-state index in [1.54, 1.807) is 44.2 Å². The van der Waals surface area contributed by atoms with Crippen LogP contribution in [0.3, 0.4) is 0 Å². The van der Waals surface area contributed by atoms with Crippen molar-refractivity contribution in [2.75, 3.05) is 0 Å². The molecule has 0 radical (unpaired) electrons. The lowest BCUT2D eigenvalue weighted by molar-refractivity contribution is 0.0696. The van der Waals surface area contributed by atoms with E-state index in [2.05, 4.69) is 0 Å². The molecule has 3 aromatic carbocycles. The van der Waals surface area contributed by atoms with Gasteiger partial charge in [-0.15, -0.1) is 0 Å². The number of carbonyl (C=O) groups is 2. The van der Waals surface area contributed by atoms with Gasteiger partial charge in [-0.25, -0.2) is 4.79 Å². The Bertz CT molecular complexity index is 1070. The molecule has 0 amide bonds. The van der Waals surface area contributed by atoms with Gasteiger partial charge in [-0.1, -0.05) is 43.3 Å². The molecule has 0 bridgehead atoms. The Morgan fingerprint density at radius 1 is 0.933 bits per heavy atom. The fraction of sp³-hybridized carbons (Fsp3) is 0.200. The second-order valence-electron chi connectivity index (χ2n) is 7.15. The van der Waals surface area contributed by atoms with Gasteiger partial charge < -0.3 is 14.9 Å². The monoisotopic (exact) mass is 404 g/mol. The third-order valence-corrected chi connectivity index (χ3v) is 5.00. The van der Waals surface area contributed by atoms with Crippen molar-refractivity contribution in [2.45, 2.75) is 33.3 Å². The normalized spacial score (nSPS) is 10.6. The zero-order valence-corrected chi connectivity index (χ0v) is 17.0. The number of ether oxygens (including phenoxy) is 1. The van der Waals surface area contributed by atoms with Crippen molar-refractivity contribution >= 4 is 11.8 Å². The summed E-state index contributed by atoms with van der Waals surface area (Å²) in [6.45, 7) is 3.82. The van der Waals surface area contributed by atoms with Crippen molar-refractivity contribution < 1.29 is 24.5 Å². The number of aromatic hydroxyl groups is 1. The molecule has 0 saturated heterocycles. The Balaban J connectivity index is 1.65. The number of rotatable bonds is 8. The maximum absolute atomic E-state index is 11.9. The first-order valence-electron chi connectivity index (χ1n) is 9.77. The van der Waals surface area contributed by atoms with Crippen LogP contribution in [0.2, 0.25) is 0 Å². The van der Waals surface area contributed by atoms with Crippen LogP contribution in [0.15, 0.2) is 60.7 Å². The average molecular weight is 404 g/mol. The molecule has 0 fully saturated rings. The number of phenolic OH excluding ortho intramolecular Hbond substituents is 1. The van der Waals surface area contributed by atoms with Gasteiger partial charge in [0.15, 0.2) is 5.78 Å². The zero-order chi connectivity index (χ0) is 21.7. The van der Waals surface area contributed by atoms with Gasteiger partial charge in [-0.2, -0.15) is 0 Å². The molecular weight excluding hydrogens is 380 g/mol. The van der Waals surface area contributed by atoms with Crippen LogP contribution in [-0.4, -0.2) is 22.0 Å². The topological polar surface area (TPSA) is 83.8 Å². The molecule has 0 aliphatic rings. The first kappa shape index (κ1) is 21.1. The largest absolute Gasteiger partial charge is 0.507 e. The third kappa shape index (κ3) is 4.87. The van der Waals surface area contributed by atoms with E-state index in [9.17, 15) is 14.7 Å². The van der Waals surface area contributed by atoms with E-state index < -0.39 is 5.97 Å². The van der Waals surface area contributed by atoms with Gasteiger partial charge >= 0.3 is 5.97 Å². The van der Waals surface area contributed by atoms with Gasteiger partial charge in [-0.3, -0.25) is 4.79 Å². The predicted molar refractivity (Wildman–Crippen MR) is 114 cm³/mol. The summed E-state index contributed by atoms with van der Waals surface area (Å²) in [6.07, 6.45) is 0.975. The minimum absolute atomic E-state index is 0.0294. The number of ketones is 1. The molecule has 0 aromatic heterocycles. The SMILES string of the molecule is CCC(=O)c1ccc(OCc2ccc(Cc3cccc(C(=O)O)c3)cc2)c(C)c1O. The van der Waals surface area contributed by atoms with Gasteiger partial charge in [0.1, 0.15) is 18.1 Å². The lowest BCUT2D eigenvalue weighted by atomic mass is 10.0. The molecule has 30 heavy (non-hydrogen) atoms. The Hall–Kier alpha value is -3.60. The van der Waals surface area contributed by atoms with Crippen LogP contribution >= 0.6 is 0 Å². The van der Waals surface area contributed by atoms with Crippen LogP contribution in [-0.2, 0) is 13.0 Å². The van der Waals surface area contributed by atoms with Crippen molar-refractivity contribution in [1.82, 2.24) is 0 Å². The second kappa shape index (κ2) is 9.27. The highest BCUT2D eigenvalue weighted by molar-refractivity contribution is 5.99. The number of hydrogen-bond donors (Lipinski definition) is 2. The Morgan fingerprint density at radius 2 is 1.63 bits per heavy atom. The van der Waals surface area contributed by atoms with Crippen molar-refractivity contribution in [3.8, 4) is 11.5 Å². The number of phenols is 1. The number of Topliss-reactive ketones (excluding diaryl/α,β-unsaturated/α-hetero) is 1. The van der Waals surface area contributed by atoms with E-state index in [0.717, 1.165) is 16.7 Å². The van der Waals surface area contributed by atoms with Crippen molar-refractivity contribution in [1.29, 1.82) is 0 Å². The van der Waals surface area contributed by atoms with Crippen molar-refractivity contribution in [3.63, 3.8) is 0 Å². The summed E-state index contributed by atoms with van der Waals surface area (Å²) in [5, 5.41) is 19.4. The Kier molecular flexibility index (Phi) is 6.52. The van der Waals surface area contributed by atoms with Crippen LogP contribution < -0.4 is 4.74 Å². The van der Waals surface area contributed by atoms with Crippen LogP contribution in [0.5, 0.6) is 11.5 Å². The fourth-order valence-electron chi connectivity index (χ4n) is 3.22. The molecule has 5 nitrogen and oxygen atoms in total. The van der Waals surface area contributed by atoms with Crippen molar-refractivity contribution in [3.05, 3.63) is 94.0 Å². The van der Waals surface area contributed by atoms with E-state index in [1.165, 1.54) is 0 Å². The number of benzene rings is 3. The number of hydrogen-bond acceptors (Lipinski definition) is 4. The third-order valence-electron chi connectivity index (χ3n) is 5.00. The molecule has 0 atom stereocenters. The molecule has 2 N–H and O–H groups in total. The molecular formula is C25H24O5. The second-order valence-corrected chi connectivity index (χ2v) is 7.15. The first-order valence-corrected chi connectivity index (χ1v) is 9.77. The van der Waals surface area contributed by atoms with Gasteiger partial charge in [0, 0.05) is 12.0 Å². The zero-order valence-electron chi connectivity index (χ0n) is 17.0. The summed E-state index contributed by atoms with van der Waals surface area (Å²) in [5.41, 5.74) is 4.11. The summed E-state index contributed by atoms with van der Waals surface area (Å²) in [4.78, 5) is 23.0. The number of carboxylic acids is 1. The first-order chi connectivity index (χ1) is 14.4. The van der Waals surface area contributed by atoms with E-state index in [-0.39, 0.29) is 17.1 Å².